The topological polar surface area (TPSA) is 32.3 Å². The van der Waals surface area contributed by atoms with Gasteiger partial charge in [-0.05, 0) is 12.8 Å². The van der Waals surface area contributed by atoms with E-state index in [1.165, 1.54) is 38.5 Å². The molecule has 0 aromatic carbocycles. The lowest BCUT2D eigenvalue weighted by molar-refractivity contribution is -0.138. The third kappa shape index (κ3) is 2.51. The number of hydrogen-bond acceptors (Lipinski definition) is 2. The van der Waals surface area contributed by atoms with Crippen LogP contribution in [0.25, 0.3) is 0 Å². The lowest BCUT2D eigenvalue weighted by Crippen LogP contribution is -2.53. The predicted octanol–water partition coefficient (Wildman–Crippen LogP) is 1.39. The Hall–Kier alpha value is -0.570. The van der Waals surface area contributed by atoms with Crippen LogP contribution in [0.5, 0.6) is 0 Å². The third-order valence-electron chi connectivity index (χ3n) is 3.85. The third-order valence-corrected chi connectivity index (χ3v) is 3.85. The van der Waals surface area contributed by atoms with Crippen LogP contribution >= 0.6 is 0 Å². The van der Waals surface area contributed by atoms with Gasteiger partial charge in [-0.25, -0.2) is 0 Å². The number of hydrogen-bond donors (Lipinski definition) is 1. The molecule has 0 bridgehead atoms. The summed E-state index contributed by atoms with van der Waals surface area (Å²) in [4.78, 5) is 14.0. The number of carbonyl (C=O) groups is 1. The Kier molecular flexibility index (Phi) is 3.62. The van der Waals surface area contributed by atoms with Crippen molar-refractivity contribution < 1.29 is 4.79 Å². The number of carbonyl (C=O) groups excluding carboxylic acids is 1. The standard InChI is InChI=1S/C12H22N2O/c1-14(12(15)10-8-13-9-10)11-6-4-2-3-5-7-11/h10-11,13H,2-9H2,1H3. The van der Waals surface area contributed by atoms with Gasteiger partial charge in [0, 0.05) is 26.2 Å². The van der Waals surface area contributed by atoms with Crippen molar-refractivity contribution in [3.63, 3.8) is 0 Å². The van der Waals surface area contributed by atoms with E-state index in [0.29, 0.717) is 11.9 Å². The van der Waals surface area contributed by atoms with E-state index in [-0.39, 0.29) is 5.92 Å². The minimum absolute atomic E-state index is 0.262. The molecule has 1 saturated heterocycles. The second-order valence-corrected chi connectivity index (χ2v) is 4.95. The number of nitrogens with zero attached hydrogens (tertiary/aromatic N) is 1. The smallest absolute Gasteiger partial charge is 0.228 e. The van der Waals surface area contributed by atoms with E-state index in [4.69, 9.17) is 0 Å². The van der Waals surface area contributed by atoms with Crippen molar-refractivity contribution >= 4 is 5.91 Å². The van der Waals surface area contributed by atoms with Gasteiger partial charge >= 0.3 is 0 Å². The Balaban J connectivity index is 1.86. The van der Waals surface area contributed by atoms with E-state index in [9.17, 15) is 4.79 Å². The molecule has 3 heteroatoms. The molecule has 1 heterocycles. The number of amides is 1. The summed E-state index contributed by atoms with van der Waals surface area (Å²) >= 11 is 0. The first kappa shape index (κ1) is 10.9. The lowest BCUT2D eigenvalue weighted by atomic mass is 9.99. The molecule has 2 aliphatic rings. The molecule has 0 spiro atoms. The molecule has 3 nitrogen and oxygen atoms in total. The summed E-state index contributed by atoms with van der Waals surface area (Å²) < 4.78 is 0. The van der Waals surface area contributed by atoms with Crippen LogP contribution < -0.4 is 5.32 Å². The lowest BCUT2D eigenvalue weighted by Gasteiger charge is -2.34. The summed E-state index contributed by atoms with van der Waals surface area (Å²) in [5.41, 5.74) is 0. The van der Waals surface area contributed by atoms with E-state index in [2.05, 4.69) is 5.32 Å². The van der Waals surface area contributed by atoms with E-state index >= 15 is 0 Å². The summed E-state index contributed by atoms with van der Waals surface area (Å²) in [7, 11) is 2.00. The quantitative estimate of drug-likeness (QED) is 0.698. The van der Waals surface area contributed by atoms with Crippen LogP contribution in [0.4, 0.5) is 0 Å². The maximum Gasteiger partial charge on any atom is 0.228 e. The minimum atomic E-state index is 0.262. The molecule has 2 fully saturated rings. The van der Waals surface area contributed by atoms with Gasteiger partial charge in [0.05, 0.1) is 5.92 Å². The molecule has 1 aliphatic heterocycles. The van der Waals surface area contributed by atoms with Crippen LogP contribution in [-0.2, 0) is 4.79 Å². The highest BCUT2D eigenvalue weighted by Crippen LogP contribution is 2.22. The average Bonchev–Trinajstić information content (AvgIpc) is 2.41. The van der Waals surface area contributed by atoms with Crippen LogP contribution in [0.2, 0.25) is 0 Å². The molecule has 1 amide bonds. The molecule has 2 rings (SSSR count). The monoisotopic (exact) mass is 210 g/mol. The van der Waals surface area contributed by atoms with E-state index in [1.54, 1.807) is 0 Å². The summed E-state index contributed by atoms with van der Waals surface area (Å²) in [5.74, 6) is 0.624. The normalized spacial score (nSPS) is 24.3. The maximum absolute atomic E-state index is 12.0. The second-order valence-electron chi connectivity index (χ2n) is 4.95. The summed E-state index contributed by atoms with van der Waals surface area (Å²) in [6, 6.07) is 0.514. The molecular weight excluding hydrogens is 188 g/mol. The SMILES string of the molecule is CN(C(=O)C1CNC1)C1CCCCCC1. The Labute approximate surface area is 92.2 Å². The van der Waals surface area contributed by atoms with E-state index in [1.807, 2.05) is 11.9 Å². The highest BCUT2D eigenvalue weighted by atomic mass is 16.2. The zero-order valence-corrected chi connectivity index (χ0v) is 9.67. The molecule has 0 aromatic rings. The molecule has 0 aromatic heterocycles. The molecule has 0 radical (unpaired) electrons. The summed E-state index contributed by atoms with van der Waals surface area (Å²) in [6.07, 6.45) is 7.72. The molecule has 1 N–H and O–H groups in total. The van der Waals surface area contributed by atoms with Gasteiger partial charge in [0.1, 0.15) is 0 Å². The predicted molar refractivity (Wildman–Crippen MR) is 60.6 cm³/mol. The van der Waals surface area contributed by atoms with Gasteiger partial charge in [0.25, 0.3) is 0 Å². The summed E-state index contributed by atoms with van der Waals surface area (Å²) in [6.45, 7) is 1.77. The zero-order chi connectivity index (χ0) is 10.7. The first-order valence-corrected chi connectivity index (χ1v) is 6.26. The first-order valence-electron chi connectivity index (χ1n) is 6.26. The molecular formula is C12H22N2O. The average molecular weight is 210 g/mol. The number of nitrogens with one attached hydrogen (secondary N) is 1. The fraction of sp³-hybridized carbons (Fsp3) is 0.917. The molecule has 1 aliphatic carbocycles. The molecule has 0 atom stereocenters. The number of rotatable bonds is 2. The minimum Gasteiger partial charge on any atom is -0.342 e. The fourth-order valence-corrected chi connectivity index (χ4v) is 2.58. The van der Waals surface area contributed by atoms with Crippen molar-refractivity contribution in [3.05, 3.63) is 0 Å². The Morgan fingerprint density at radius 2 is 1.73 bits per heavy atom. The zero-order valence-electron chi connectivity index (χ0n) is 9.67. The van der Waals surface area contributed by atoms with Gasteiger partial charge in [-0.1, -0.05) is 25.7 Å². The van der Waals surface area contributed by atoms with Crippen LogP contribution in [0.1, 0.15) is 38.5 Å². The largest absolute Gasteiger partial charge is 0.342 e. The van der Waals surface area contributed by atoms with Crippen molar-refractivity contribution in [2.75, 3.05) is 20.1 Å². The van der Waals surface area contributed by atoms with Crippen molar-refractivity contribution in [3.8, 4) is 0 Å². The van der Waals surface area contributed by atoms with Gasteiger partial charge in [-0.15, -0.1) is 0 Å². The van der Waals surface area contributed by atoms with Gasteiger partial charge in [0.2, 0.25) is 5.91 Å². The summed E-state index contributed by atoms with van der Waals surface area (Å²) in [5, 5.41) is 3.16. The fourth-order valence-electron chi connectivity index (χ4n) is 2.58. The molecule has 0 unspecified atom stereocenters. The van der Waals surface area contributed by atoms with Gasteiger partial charge in [0.15, 0.2) is 0 Å². The Bertz CT molecular complexity index is 218. The van der Waals surface area contributed by atoms with Crippen molar-refractivity contribution in [2.24, 2.45) is 5.92 Å². The van der Waals surface area contributed by atoms with Crippen LogP contribution in [0, 0.1) is 5.92 Å². The van der Waals surface area contributed by atoms with Crippen LogP contribution in [0.15, 0.2) is 0 Å². The highest BCUT2D eigenvalue weighted by Gasteiger charge is 2.30. The van der Waals surface area contributed by atoms with Gasteiger partial charge in [-0.3, -0.25) is 4.79 Å². The first-order chi connectivity index (χ1) is 7.29. The maximum atomic E-state index is 12.0. The Morgan fingerprint density at radius 1 is 1.13 bits per heavy atom. The van der Waals surface area contributed by atoms with Crippen LogP contribution in [-0.4, -0.2) is 37.0 Å². The second kappa shape index (κ2) is 4.97. The molecule has 1 saturated carbocycles. The highest BCUT2D eigenvalue weighted by molar-refractivity contribution is 5.80. The molecule has 15 heavy (non-hydrogen) atoms. The van der Waals surface area contributed by atoms with Gasteiger partial charge < -0.3 is 10.2 Å². The van der Waals surface area contributed by atoms with Crippen molar-refractivity contribution in [1.82, 2.24) is 10.2 Å². The van der Waals surface area contributed by atoms with Gasteiger partial charge in [-0.2, -0.15) is 0 Å². The van der Waals surface area contributed by atoms with E-state index in [0.717, 1.165) is 13.1 Å². The Morgan fingerprint density at radius 3 is 2.20 bits per heavy atom. The van der Waals surface area contributed by atoms with Crippen molar-refractivity contribution in [2.45, 2.75) is 44.6 Å². The van der Waals surface area contributed by atoms with Crippen molar-refractivity contribution in [1.29, 1.82) is 0 Å². The van der Waals surface area contributed by atoms with Crippen LogP contribution in [0.3, 0.4) is 0 Å². The van der Waals surface area contributed by atoms with E-state index < -0.39 is 0 Å². The molecule has 86 valence electrons.